The second-order valence-electron chi connectivity index (χ2n) is 10.1. The van der Waals surface area contributed by atoms with E-state index in [2.05, 4.69) is 25.1 Å². The lowest BCUT2D eigenvalue weighted by atomic mass is 10.1. The van der Waals surface area contributed by atoms with E-state index in [1.807, 2.05) is 7.05 Å². The van der Waals surface area contributed by atoms with Gasteiger partial charge in [-0.25, -0.2) is 9.37 Å². The van der Waals surface area contributed by atoms with Gasteiger partial charge in [-0.2, -0.15) is 18.2 Å². The molecule has 14 heteroatoms. The Balaban J connectivity index is 0.000000398. The number of oxazole rings is 1. The van der Waals surface area contributed by atoms with Crippen LogP contribution >= 0.6 is 0 Å². The van der Waals surface area contributed by atoms with Crippen molar-refractivity contribution < 1.29 is 36.3 Å². The quantitative estimate of drug-likeness (QED) is 0.406. The number of pyridine rings is 1. The molecule has 1 saturated carbocycles. The molecule has 220 valence electrons. The number of ether oxygens (including phenoxy) is 1. The highest BCUT2D eigenvalue weighted by Crippen LogP contribution is 2.35. The van der Waals surface area contributed by atoms with Gasteiger partial charge in [0.15, 0.2) is 5.69 Å². The molecule has 0 bridgehead atoms. The minimum Gasteiger partial charge on any atom is -0.465 e. The number of piperazine rings is 1. The van der Waals surface area contributed by atoms with Crippen LogP contribution in [0.25, 0.3) is 0 Å². The topological polar surface area (TPSA) is 104 Å². The number of anilines is 3. The summed E-state index contributed by atoms with van der Waals surface area (Å²) in [5.74, 6) is -1.34. The highest BCUT2D eigenvalue weighted by atomic mass is 19.4. The molecule has 1 amide bonds. The van der Waals surface area contributed by atoms with E-state index in [0.717, 1.165) is 44.8 Å². The number of piperidine rings is 1. The van der Waals surface area contributed by atoms with Crippen molar-refractivity contribution in [3.05, 3.63) is 29.8 Å². The monoisotopic (exact) mass is 570 g/mol. The van der Waals surface area contributed by atoms with Crippen LogP contribution in [0.4, 0.5) is 35.1 Å². The lowest BCUT2D eigenvalue weighted by Crippen LogP contribution is -2.44. The van der Waals surface area contributed by atoms with Crippen molar-refractivity contribution in [3.63, 3.8) is 0 Å². The molecule has 3 fully saturated rings. The number of hydrogen-bond acceptors (Lipinski definition) is 9. The fourth-order valence-electron chi connectivity index (χ4n) is 4.86. The van der Waals surface area contributed by atoms with Gasteiger partial charge in [0.25, 0.3) is 18.4 Å². The van der Waals surface area contributed by atoms with E-state index in [-0.39, 0.29) is 18.3 Å². The van der Waals surface area contributed by atoms with Crippen molar-refractivity contribution in [1.82, 2.24) is 14.9 Å². The number of rotatable bonds is 6. The molecular weight excluding hydrogens is 536 g/mol. The van der Waals surface area contributed by atoms with E-state index in [0.29, 0.717) is 25.9 Å². The van der Waals surface area contributed by atoms with Gasteiger partial charge in [-0.05, 0) is 57.7 Å². The van der Waals surface area contributed by atoms with E-state index < -0.39 is 35.7 Å². The molecule has 0 aromatic carbocycles. The van der Waals surface area contributed by atoms with Gasteiger partial charge in [-0.1, -0.05) is 0 Å². The van der Waals surface area contributed by atoms with E-state index in [4.69, 9.17) is 9.15 Å². The summed E-state index contributed by atoms with van der Waals surface area (Å²) in [6.45, 7) is 4.13. The number of amides is 1. The predicted molar refractivity (Wildman–Crippen MR) is 139 cm³/mol. The molecule has 2 aromatic rings. The van der Waals surface area contributed by atoms with Crippen LogP contribution in [0.2, 0.25) is 0 Å². The van der Waals surface area contributed by atoms with Crippen molar-refractivity contribution in [2.24, 2.45) is 0 Å². The first kappa shape index (κ1) is 29.6. The van der Waals surface area contributed by atoms with Crippen molar-refractivity contribution in [2.75, 3.05) is 61.4 Å². The minimum atomic E-state index is -4.90. The van der Waals surface area contributed by atoms with Crippen molar-refractivity contribution in [1.29, 1.82) is 0 Å². The third-order valence-corrected chi connectivity index (χ3v) is 7.11. The van der Waals surface area contributed by atoms with Crippen LogP contribution in [-0.4, -0.2) is 85.8 Å². The molecule has 40 heavy (non-hydrogen) atoms. The first-order chi connectivity index (χ1) is 19.1. The van der Waals surface area contributed by atoms with E-state index in [9.17, 15) is 27.2 Å². The third-order valence-electron chi connectivity index (χ3n) is 7.11. The molecule has 1 atom stereocenters. The fraction of sp³-hybridized carbons (Fsp3) is 0.615. The van der Waals surface area contributed by atoms with Gasteiger partial charge < -0.3 is 29.2 Å². The zero-order valence-electron chi connectivity index (χ0n) is 22.3. The van der Waals surface area contributed by atoms with Gasteiger partial charge in [0.05, 0.1) is 18.4 Å². The highest BCUT2D eigenvalue weighted by Gasteiger charge is 2.42. The maximum atomic E-state index is 13.7. The number of hydrogen-bond donors (Lipinski definition) is 1. The largest absolute Gasteiger partial charge is 0.465 e. The molecule has 2 aromatic heterocycles. The Kier molecular flexibility index (Phi) is 9.82. The number of aromatic nitrogens is 2. The van der Waals surface area contributed by atoms with E-state index in [1.165, 1.54) is 23.9 Å². The molecule has 0 radical (unpaired) electrons. The standard InChI is InChI=1S/C20H24F4N6O2.C6H10O2/c1-28-7-9-29(10-8-28)15-5-4-14(11-25-15)26-18(31)16-17(20(22,23)24)27-19(32-16)30-6-2-3-13(21)12-30;7-5-8-6-3-1-2-4-6/h4-5,11,13H,2-3,6-10,12H2,1H3,(H,26,31);5-6H,1-4H2. The van der Waals surface area contributed by atoms with Crippen molar-refractivity contribution in [3.8, 4) is 0 Å². The number of halogens is 4. The Hall–Kier alpha value is -3.42. The molecule has 1 N–H and O–H groups in total. The third kappa shape index (κ3) is 7.83. The van der Waals surface area contributed by atoms with Crippen LogP contribution < -0.4 is 15.1 Å². The number of carbonyl (C=O) groups is 2. The van der Waals surface area contributed by atoms with Crippen LogP contribution in [0.1, 0.15) is 54.8 Å². The second-order valence-corrected chi connectivity index (χ2v) is 10.1. The van der Waals surface area contributed by atoms with Crippen LogP contribution in [0, 0.1) is 0 Å². The van der Waals surface area contributed by atoms with Gasteiger partial charge in [0, 0.05) is 32.7 Å². The normalized spacial score (nSPS) is 20.6. The molecule has 5 rings (SSSR count). The highest BCUT2D eigenvalue weighted by molar-refractivity contribution is 6.03. The molecule has 1 aliphatic carbocycles. The van der Waals surface area contributed by atoms with Gasteiger partial charge in [-0.15, -0.1) is 0 Å². The first-order valence-corrected chi connectivity index (χ1v) is 13.4. The second kappa shape index (κ2) is 13.3. The van der Waals surface area contributed by atoms with Gasteiger partial charge >= 0.3 is 6.18 Å². The fourth-order valence-corrected chi connectivity index (χ4v) is 4.86. The van der Waals surface area contributed by atoms with Gasteiger partial charge in [0.2, 0.25) is 5.76 Å². The molecule has 10 nitrogen and oxygen atoms in total. The molecule has 4 heterocycles. The number of alkyl halides is 4. The number of nitrogens with zero attached hydrogens (tertiary/aromatic N) is 5. The Labute approximate surface area is 229 Å². The molecular formula is C26H34F4N6O4. The lowest BCUT2D eigenvalue weighted by molar-refractivity contribution is -0.141. The van der Waals surface area contributed by atoms with Crippen LogP contribution in [0.3, 0.4) is 0 Å². The lowest BCUT2D eigenvalue weighted by Gasteiger charge is -2.33. The van der Waals surface area contributed by atoms with Gasteiger partial charge in [-0.3, -0.25) is 9.59 Å². The van der Waals surface area contributed by atoms with E-state index >= 15 is 0 Å². The summed E-state index contributed by atoms with van der Waals surface area (Å²) in [5.41, 5.74) is -1.21. The number of carbonyl (C=O) groups excluding carboxylic acids is 2. The molecule has 1 unspecified atom stereocenters. The summed E-state index contributed by atoms with van der Waals surface area (Å²) >= 11 is 0. The maximum Gasteiger partial charge on any atom is 0.437 e. The van der Waals surface area contributed by atoms with Gasteiger partial charge in [0.1, 0.15) is 18.1 Å². The molecule has 3 aliphatic rings. The Morgan fingerprint density at radius 2 is 1.80 bits per heavy atom. The summed E-state index contributed by atoms with van der Waals surface area (Å²) in [4.78, 5) is 35.7. The predicted octanol–water partition coefficient (Wildman–Crippen LogP) is 4.13. The smallest absolute Gasteiger partial charge is 0.437 e. The zero-order chi connectivity index (χ0) is 28.7. The molecule has 2 saturated heterocycles. The number of likely N-dealkylation sites (N-methyl/N-ethyl adjacent to an activating group) is 1. The van der Waals surface area contributed by atoms with Crippen LogP contribution in [-0.2, 0) is 15.7 Å². The zero-order valence-corrected chi connectivity index (χ0v) is 22.3. The van der Waals surface area contributed by atoms with Crippen LogP contribution in [0.5, 0.6) is 0 Å². The van der Waals surface area contributed by atoms with Crippen LogP contribution in [0.15, 0.2) is 22.7 Å². The summed E-state index contributed by atoms with van der Waals surface area (Å²) in [7, 11) is 2.04. The Bertz CT molecular complexity index is 1120. The summed E-state index contributed by atoms with van der Waals surface area (Å²) < 4.78 is 64.0. The summed E-state index contributed by atoms with van der Waals surface area (Å²) in [5, 5.41) is 2.38. The average molecular weight is 571 g/mol. The molecule has 2 aliphatic heterocycles. The summed E-state index contributed by atoms with van der Waals surface area (Å²) in [6.07, 6.45) is 0.900. The van der Waals surface area contributed by atoms with Crippen molar-refractivity contribution in [2.45, 2.75) is 57.0 Å². The number of nitrogens with one attached hydrogen (secondary N) is 1. The Morgan fingerprint density at radius 1 is 1.07 bits per heavy atom. The average Bonchev–Trinajstić information content (AvgIpc) is 3.61. The van der Waals surface area contributed by atoms with E-state index in [1.54, 1.807) is 12.1 Å². The van der Waals surface area contributed by atoms with Crippen molar-refractivity contribution >= 4 is 29.9 Å². The summed E-state index contributed by atoms with van der Waals surface area (Å²) in [6, 6.07) is 2.86. The first-order valence-electron chi connectivity index (χ1n) is 13.4. The minimum absolute atomic E-state index is 0.128. The Morgan fingerprint density at radius 3 is 2.40 bits per heavy atom. The SMILES string of the molecule is CN1CCN(c2ccc(NC(=O)c3oc(N4CCCC(F)C4)nc3C(F)(F)F)cn2)CC1.O=COC1CCCC1. The maximum absolute atomic E-state index is 13.7. The molecule has 0 spiro atoms.